The van der Waals surface area contributed by atoms with E-state index >= 15 is 0 Å². The first-order valence-corrected chi connectivity index (χ1v) is 6.60. The van der Waals surface area contributed by atoms with Crippen LogP contribution in [0.4, 0.5) is 5.82 Å². The highest BCUT2D eigenvalue weighted by Crippen LogP contribution is 2.27. The minimum Gasteiger partial charge on any atom is -0.384 e. The summed E-state index contributed by atoms with van der Waals surface area (Å²) in [5, 5.41) is 4.55. The zero-order chi connectivity index (χ0) is 13.1. The Morgan fingerprint density at radius 2 is 2.06 bits per heavy atom. The summed E-state index contributed by atoms with van der Waals surface area (Å²) in [5.74, 6) is 0.697. The number of rotatable bonds is 4. The minimum absolute atomic E-state index is 0.697. The SMILES string of the molecule is CN(C)CCn1nc(-c2ccccc2Br)cc1N. The van der Waals surface area contributed by atoms with Gasteiger partial charge in [-0.25, -0.2) is 4.68 Å². The molecule has 2 N–H and O–H groups in total. The third kappa shape index (κ3) is 2.91. The molecule has 0 fully saturated rings. The molecule has 0 radical (unpaired) electrons. The van der Waals surface area contributed by atoms with Gasteiger partial charge in [-0.05, 0) is 20.2 Å². The van der Waals surface area contributed by atoms with Crippen molar-refractivity contribution in [2.24, 2.45) is 0 Å². The fourth-order valence-electron chi connectivity index (χ4n) is 1.71. The zero-order valence-electron chi connectivity index (χ0n) is 10.6. The summed E-state index contributed by atoms with van der Waals surface area (Å²) in [5.41, 5.74) is 7.95. The first-order chi connectivity index (χ1) is 8.58. The van der Waals surface area contributed by atoms with Gasteiger partial charge in [0.05, 0.1) is 12.2 Å². The molecule has 2 aromatic rings. The molecular weight excluding hydrogens is 292 g/mol. The van der Waals surface area contributed by atoms with Crippen LogP contribution < -0.4 is 5.73 Å². The van der Waals surface area contributed by atoms with Crippen molar-refractivity contribution < 1.29 is 0 Å². The molecule has 0 atom stereocenters. The van der Waals surface area contributed by atoms with Crippen LogP contribution >= 0.6 is 15.9 Å². The number of nitrogens with zero attached hydrogens (tertiary/aromatic N) is 3. The molecule has 0 amide bonds. The molecule has 0 unspecified atom stereocenters. The Kier molecular flexibility index (Phi) is 4.04. The van der Waals surface area contributed by atoms with Crippen LogP contribution in [-0.4, -0.2) is 35.3 Å². The van der Waals surface area contributed by atoms with Gasteiger partial charge in [-0.1, -0.05) is 34.1 Å². The fraction of sp³-hybridized carbons (Fsp3) is 0.308. The van der Waals surface area contributed by atoms with Crippen LogP contribution in [0.2, 0.25) is 0 Å². The van der Waals surface area contributed by atoms with Gasteiger partial charge >= 0.3 is 0 Å². The van der Waals surface area contributed by atoms with Gasteiger partial charge in [-0.3, -0.25) is 0 Å². The Labute approximate surface area is 116 Å². The second-order valence-corrected chi connectivity index (χ2v) is 5.32. The molecular formula is C13H17BrN4. The number of hydrogen-bond acceptors (Lipinski definition) is 3. The van der Waals surface area contributed by atoms with Crippen LogP contribution in [0.3, 0.4) is 0 Å². The van der Waals surface area contributed by atoms with Gasteiger partial charge < -0.3 is 10.6 Å². The third-order valence-electron chi connectivity index (χ3n) is 2.72. The van der Waals surface area contributed by atoms with Gasteiger partial charge in [-0.15, -0.1) is 0 Å². The van der Waals surface area contributed by atoms with E-state index in [9.17, 15) is 0 Å². The quantitative estimate of drug-likeness (QED) is 0.944. The van der Waals surface area contributed by atoms with Crippen LogP contribution in [0.5, 0.6) is 0 Å². The lowest BCUT2D eigenvalue weighted by atomic mass is 10.1. The highest BCUT2D eigenvalue weighted by Gasteiger charge is 2.09. The monoisotopic (exact) mass is 308 g/mol. The average Bonchev–Trinajstić information content (AvgIpc) is 2.68. The number of nitrogens with two attached hydrogens (primary N) is 1. The molecule has 4 nitrogen and oxygen atoms in total. The third-order valence-corrected chi connectivity index (χ3v) is 3.41. The van der Waals surface area contributed by atoms with E-state index in [-0.39, 0.29) is 0 Å². The van der Waals surface area contributed by atoms with Crippen molar-refractivity contribution in [1.82, 2.24) is 14.7 Å². The molecule has 0 aliphatic rings. The van der Waals surface area contributed by atoms with Gasteiger partial charge in [0.2, 0.25) is 0 Å². The van der Waals surface area contributed by atoms with Crippen LogP contribution in [0, 0.1) is 0 Å². The Hall–Kier alpha value is -1.33. The van der Waals surface area contributed by atoms with Gasteiger partial charge in [0, 0.05) is 22.6 Å². The highest BCUT2D eigenvalue weighted by molar-refractivity contribution is 9.10. The predicted octanol–water partition coefficient (Wildman–Crippen LogP) is 2.46. The molecule has 0 aliphatic heterocycles. The number of anilines is 1. The minimum atomic E-state index is 0.697. The molecule has 1 aromatic carbocycles. The lowest BCUT2D eigenvalue weighted by molar-refractivity contribution is 0.375. The first-order valence-electron chi connectivity index (χ1n) is 5.81. The molecule has 96 valence electrons. The molecule has 5 heteroatoms. The summed E-state index contributed by atoms with van der Waals surface area (Å²) in [6, 6.07) is 9.93. The van der Waals surface area contributed by atoms with E-state index in [4.69, 9.17) is 5.73 Å². The number of halogens is 1. The summed E-state index contributed by atoms with van der Waals surface area (Å²) < 4.78 is 2.87. The van der Waals surface area contributed by atoms with Crippen LogP contribution in [0.1, 0.15) is 0 Å². The van der Waals surface area contributed by atoms with Crippen molar-refractivity contribution in [1.29, 1.82) is 0 Å². The predicted molar refractivity (Wildman–Crippen MR) is 78.3 cm³/mol. The van der Waals surface area contributed by atoms with E-state index < -0.39 is 0 Å². The summed E-state index contributed by atoms with van der Waals surface area (Å²) >= 11 is 3.53. The maximum Gasteiger partial charge on any atom is 0.122 e. The van der Waals surface area contributed by atoms with Crippen molar-refractivity contribution in [2.75, 3.05) is 26.4 Å². The maximum absolute atomic E-state index is 5.98. The summed E-state index contributed by atoms with van der Waals surface area (Å²) in [4.78, 5) is 2.11. The van der Waals surface area contributed by atoms with E-state index in [0.29, 0.717) is 5.82 Å². The lowest BCUT2D eigenvalue weighted by Crippen LogP contribution is -2.19. The molecule has 0 bridgehead atoms. The first kappa shape index (κ1) is 13.1. The molecule has 0 saturated carbocycles. The van der Waals surface area contributed by atoms with E-state index in [1.54, 1.807) is 0 Å². The number of hydrogen-bond donors (Lipinski definition) is 1. The second kappa shape index (κ2) is 5.54. The van der Waals surface area contributed by atoms with Crippen molar-refractivity contribution in [3.8, 4) is 11.3 Å². The molecule has 0 saturated heterocycles. The second-order valence-electron chi connectivity index (χ2n) is 4.46. The number of benzene rings is 1. The summed E-state index contributed by atoms with van der Waals surface area (Å²) in [6.07, 6.45) is 0. The van der Waals surface area contributed by atoms with Crippen LogP contribution in [0.15, 0.2) is 34.8 Å². The Balaban J connectivity index is 2.26. The largest absolute Gasteiger partial charge is 0.384 e. The number of likely N-dealkylation sites (N-methyl/N-ethyl adjacent to an activating group) is 1. The van der Waals surface area contributed by atoms with E-state index in [2.05, 4.69) is 25.9 Å². The molecule has 0 spiro atoms. The topological polar surface area (TPSA) is 47.1 Å². The number of nitrogen functional groups attached to an aromatic ring is 1. The fourth-order valence-corrected chi connectivity index (χ4v) is 2.19. The van der Waals surface area contributed by atoms with Crippen molar-refractivity contribution in [2.45, 2.75) is 6.54 Å². The van der Waals surface area contributed by atoms with E-state index in [1.165, 1.54) is 0 Å². The van der Waals surface area contributed by atoms with Crippen molar-refractivity contribution in [3.05, 3.63) is 34.8 Å². The number of aromatic nitrogens is 2. The molecule has 1 aromatic heterocycles. The summed E-state index contributed by atoms with van der Waals surface area (Å²) in [7, 11) is 4.07. The van der Waals surface area contributed by atoms with Gasteiger partial charge in [0.25, 0.3) is 0 Å². The average molecular weight is 309 g/mol. The molecule has 18 heavy (non-hydrogen) atoms. The normalized spacial score (nSPS) is 11.1. The van der Waals surface area contributed by atoms with E-state index in [1.807, 2.05) is 49.1 Å². The molecule has 1 heterocycles. The summed E-state index contributed by atoms with van der Waals surface area (Å²) in [6.45, 7) is 1.71. The van der Waals surface area contributed by atoms with Gasteiger partial charge in [0.1, 0.15) is 5.82 Å². The zero-order valence-corrected chi connectivity index (χ0v) is 12.2. The van der Waals surface area contributed by atoms with Gasteiger partial charge in [-0.2, -0.15) is 5.10 Å². The highest BCUT2D eigenvalue weighted by atomic mass is 79.9. The maximum atomic E-state index is 5.98. The lowest BCUT2D eigenvalue weighted by Gasteiger charge is -2.09. The molecule has 2 rings (SSSR count). The molecule has 0 aliphatic carbocycles. The Morgan fingerprint density at radius 1 is 1.33 bits per heavy atom. The van der Waals surface area contributed by atoms with Crippen LogP contribution in [0.25, 0.3) is 11.3 Å². The van der Waals surface area contributed by atoms with Crippen molar-refractivity contribution in [3.63, 3.8) is 0 Å². The standard InChI is InChI=1S/C13H17BrN4/c1-17(2)7-8-18-13(15)9-12(16-18)10-5-3-4-6-11(10)14/h3-6,9H,7-8,15H2,1-2H3. The smallest absolute Gasteiger partial charge is 0.122 e. The van der Waals surface area contributed by atoms with Crippen LogP contribution in [-0.2, 0) is 6.54 Å². The van der Waals surface area contributed by atoms with E-state index in [0.717, 1.165) is 28.8 Å². The van der Waals surface area contributed by atoms with Crippen molar-refractivity contribution >= 4 is 21.7 Å². The Bertz CT molecular complexity index is 534. The Morgan fingerprint density at radius 3 is 2.72 bits per heavy atom. The van der Waals surface area contributed by atoms with Gasteiger partial charge in [0.15, 0.2) is 0 Å².